The summed E-state index contributed by atoms with van der Waals surface area (Å²) in [5, 5.41) is 10.6. The number of nitrogens with zero attached hydrogens (tertiary/aromatic N) is 1. The van der Waals surface area contributed by atoms with Gasteiger partial charge in [-0.05, 0) is 49.1 Å². The monoisotopic (exact) mass is 341 g/mol. The largest absolute Gasteiger partial charge is 0.297 e. The molecular formula is C16H23NO5S. The molecule has 0 aromatic heterocycles. The van der Waals surface area contributed by atoms with Crippen LogP contribution in [0.2, 0.25) is 0 Å². The van der Waals surface area contributed by atoms with Crippen molar-refractivity contribution in [2.45, 2.75) is 57.5 Å². The first-order valence-corrected chi connectivity index (χ1v) is 9.18. The van der Waals surface area contributed by atoms with Gasteiger partial charge in [-0.25, -0.2) is 0 Å². The minimum Gasteiger partial charge on any atom is -0.263 e. The Morgan fingerprint density at radius 1 is 1.09 bits per heavy atom. The molecule has 0 heterocycles. The molecule has 1 aliphatic carbocycles. The van der Waals surface area contributed by atoms with E-state index in [2.05, 4.69) is 20.8 Å². The minimum atomic E-state index is -3.88. The van der Waals surface area contributed by atoms with Gasteiger partial charge in [-0.2, -0.15) is 8.42 Å². The summed E-state index contributed by atoms with van der Waals surface area (Å²) in [6.07, 6.45) is 3.02. The number of nitro groups is 1. The van der Waals surface area contributed by atoms with Gasteiger partial charge in [0.2, 0.25) is 0 Å². The quantitative estimate of drug-likeness (QED) is 0.471. The molecule has 1 aliphatic rings. The van der Waals surface area contributed by atoms with Crippen LogP contribution in [0.5, 0.6) is 0 Å². The Kier molecular flexibility index (Phi) is 5.10. The Labute approximate surface area is 137 Å². The van der Waals surface area contributed by atoms with Gasteiger partial charge < -0.3 is 0 Å². The number of hydrogen-bond donors (Lipinski definition) is 0. The Morgan fingerprint density at radius 3 is 2.04 bits per heavy atom. The van der Waals surface area contributed by atoms with Crippen LogP contribution in [-0.2, 0) is 14.3 Å². The van der Waals surface area contributed by atoms with Gasteiger partial charge in [-0.15, -0.1) is 0 Å². The molecule has 1 fully saturated rings. The summed E-state index contributed by atoms with van der Waals surface area (Å²) >= 11 is 0. The molecule has 6 nitrogen and oxygen atoms in total. The zero-order valence-corrected chi connectivity index (χ0v) is 14.5. The lowest BCUT2D eigenvalue weighted by Crippen LogP contribution is -2.30. The first-order chi connectivity index (χ1) is 10.6. The molecule has 23 heavy (non-hydrogen) atoms. The highest BCUT2D eigenvalue weighted by Crippen LogP contribution is 2.39. The Morgan fingerprint density at radius 2 is 1.61 bits per heavy atom. The number of nitro benzene ring substituents is 1. The topological polar surface area (TPSA) is 86.5 Å². The summed E-state index contributed by atoms with van der Waals surface area (Å²) in [7, 11) is -3.88. The highest BCUT2D eigenvalue weighted by atomic mass is 32.2. The lowest BCUT2D eigenvalue weighted by atomic mass is 9.72. The van der Waals surface area contributed by atoms with Crippen molar-refractivity contribution in [2.24, 2.45) is 11.3 Å². The van der Waals surface area contributed by atoms with E-state index in [0.717, 1.165) is 12.8 Å². The van der Waals surface area contributed by atoms with Gasteiger partial charge in [0.25, 0.3) is 15.8 Å². The normalized spacial score (nSPS) is 22.7. The van der Waals surface area contributed by atoms with Gasteiger partial charge in [0.05, 0.1) is 15.9 Å². The van der Waals surface area contributed by atoms with Crippen LogP contribution in [0.4, 0.5) is 5.69 Å². The van der Waals surface area contributed by atoms with E-state index in [4.69, 9.17) is 4.18 Å². The Hall–Kier alpha value is -1.47. The van der Waals surface area contributed by atoms with Crippen molar-refractivity contribution in [3.8, 4) is 0 Å². The highest BCUT2D eigenvalue weighted by Gasteiger charge is 2.32. The number of rotatable bonds is 4. The molecule has 0 radical (unpaired) electrons. The Bertz CT molecular complexity index is 653. The van der Waals surface area contributed by atoms with E-state index in [9.17, 15) is 18.5 Å². The lowest BCUT2D eigenvalue weighted by Gasteiger charge is -2.36. The molecule has 1 aromatic rings. The molecule has 0 spiro atoms. The number of benzene rings is 1. The second kappa shape index (κ2) is 6.57. The third kappa shape index (κ3) is 4.51. The van der Waals surface area contributed by atoms with Gasteiger partial charge in [0.15, 0.2) is 0 Å². The fourth-order valence-electron chi connectivity index (χ4n) is 2.99. The summed E-state index contributed by atoms with van der Waals surface area (Å²) in [6, 6.07) is 4.78. The molecular weight excluding hydrogens is 318 g/mol. The molecule has 0 N–H and O–H groups in total. The van der Waals surface area contributed by atoms with Crippen molar-refractivity contribution in [3.05, 3.63) is 34.4 Å². The minimum absolute atomic E-state index is 0.0407. The highest BCUT2D eigenvalue weighted by molar-refractivity contribution is 7.86. The summed E-state index contributed by atoms with van der Waals surface area (Å²) < 4.78 is 29.9. The molecule has 0 saturated heterocycles. The van der Waals surface area contributed by atoms with E-state index in [1.165, 1.54) is 24.3 Å². The fraction of sp³-hybridized carbons (Fsp3) is 0.625. The molecule has 0 unspecified atom stereocenters. The van der Waals surface area contributed by atoms with E-state index in [1.807, 2.05) is 0 Å². The SMILES string of the molecule is CC(C)(C)C1CCC(OS(=O)(=O)c2ccc([N+](=O)[O-])cc2)CC1. The zero-order valence-electron chi connectivity index (χ0n) is 13.7. The second-order valence-corrected chi connectivity index (χ2v) is 8.71. The number of non-ortho nitro benzene ring substituents is 1. The summed E-state index contributed by atoms with van der Waals surface area (Å²) in [5.74, 6) is 0.574. The van der Waals surface area contributed by atoms with Crippen molar-refractivity contribution in [2.75, 3.05) is 0 Å². The number of hydrogen-bond acceptors (Lipinski definition) is 5. The van der Waals surface area contributed by atoms with Crippen LogP contribution in [0.15, 0.2) is 29.2 Å². The summed E-state index contributed by atoms with van der Waals surface area (Å²) in [4.78, 5) is 10.0. The zero-order chi connectivity index (χ0) is 17.3. The average Bonchev–Trinajstić information content (AvgIpc) is 2.46. The van der Waals surface area contributed by atoms with Gasteiger partial charge in [0.1, 0.15) is 0 Å². The van der Waals surface area contributed by atoms with Gasteiger partial charge in [-0.1, -0.05) is 20.8 Å². The van der Waals surface area contributed by atoms with Crippen LogP contribution < -0.4 is 0 Å². The molecule has 0 amide bonds. The fourth-order valence-corrected chi connectivity index (χ4v) is 4.13. The van der Waals surface area contributed by atoms with E-state index in [1.54, 1.807) is 0 Å². The van der Waals surface area contributed by atoms with Crippen LogP contribution in [0.25, 0.3) is 0 Å². The van der Waals surface area contributed by atoms with Gasteiger partial charge in [0, 0.05) is 12.1 Å². The predicted molar refractivity (Wildman–Crippen MR) is 86.6 cm³/mol. The summed E-state index contributed by atoms with van der Waals surface area (Å²) in [6.45, 7) is 6.60. The van der Waals surface area contributed by atoms with Crippen LogP contribution in [0.3, 0.4) is 0 Å². The predicted octanol–water partition coefficient (Wildman–Crippen LogP) is 3.91. The van der Waals surface area contributed by atoms with Crippen LogP contribution in [0.1, 0.15) is 46.5 Å². The van der Waals surface area contributed by atoms with Crippen molar-refractivity contribution in [1.29, 1.82) is 0 Å². The maximum absolute atomic E-state index is 12.3. The Balaban J connectivity index is 2.01. The van der Waals surface area contributed by atoms with Crippen molar-refractivity contribution in [1.82, 2.24) is 0 Å². The first-order valence-electron chi connectivity index (χ1n) is 7.77. The van der Waals surface area contributed by atoms with E-state index in [0.29, 0.717) is 18.8 Å². The van der Waals surface area contributed by atoms with E-state index < -0.39 is 15.0 Å². The lowest BCUT2D eigenvalue weighted by molar-refractivity contribution is -0.384. The molecule has 1 saturated carbocycles. The molecule has 7 heteroatoms. The average molecular weight is 341 g/mol. The molecule has 128 valence electrons. The smallest absolute Gasteiger partial charge is 0.263 e. The first kappa shape index (κ1) is 17.9. The molecule has 0 atom stereocenters. The van der Waals surface area contributed by atoms with Crippen LogP contribution >= 0.6 is 0 Å². The molecule has 1 aromatic carbocycles. The molecule has 2 rings (SSSR count). The van der Waals surface area contributed by atoms with Crippen molar-refractivity contribution < 1.29 is 17.5 Å². The van der Waals surface area contributed by atoms with Crippen LogP contribution in [-0.4, -0.2) is 19.4 Å². The maximum Gasteiger partial charge on any atom is 0.297 e. The van der Waals surface area contributed by atoms with E-state index in [-0.39, 0.29) is 22.1 Å². The standard InChI is InChI=1S/C16H23NO5S/c1-16(2,3)12-4-8-14(9-5-12)22-23(20,21)15-10-6-13(7-11-15)17(18)19/h6-7,10-12,14H,4-5,8-9H2,1-3H3. The van der Waals surface area contributed by atoms with Crippen molar-refractivity contribution in [3.63, 3.8) is 0 Å². The third-order valence-corrected chi connectivity index (χ3v) is 5.87. The van der Waals surface area contributed by atoms with Crippen molar-refractivity contribution >= 4 is 15.8 Å². The van der Waals surface area contributed by atoms with Crippen LogP contribution in [0, 0.1) is 21.4 Å². The van der Waals surface area contributed by atoms with Gasteiger partial charge >= 0.3 is 0 Å². The van der Waals surface area contributed by atoms with Gasteiger partial charge in [-0.3, -0.25) is 14.3 Å². The maximum atomic E-state index is 12.3. The molecule has 0 aliphatic heterocycles. The summed E-state index contributed by atoms with van der Waals surface area (Å²) in [5.41, 5.74) is 0.0806. The van der Waals surface area contributed by atoms with E-state index >= 15 is 0 Å². The second-order valence-electron chi connectivity index (χ2n) is 7.14. The molecule has 0 bridgehead atoms. The third-order valence-electron chi connectivity index (χ3n) is 4.50.